The Labute approximate surface area is 196 Å². The van der Waals surface area contributed by atoms with Crippen LogP contribution in [0.5, 0.6) is 0 Å². The molecule has 0 spiro atoms. The van der Waals surface area contributed by atoms with Crippen molar-refractivity contribution in [2.75, 3.05) is 11.9 Å². The van der Waals surface area contributed by atoms with Gasteiger partial charge in [-0.15, -0.1) is 0 Å². The van der Waals surface area contributed by atoms with Crippen molar-refractivity contribution in [1.82, 2.24) is 5.32 Å². The van der Waals surface area contributed by atoms with Gasteiger partial charge in [0.2, 0.25) is 0 Å². The average molecular weight is 445 g/mol. The summed E-state index contributed by atoms with van der Waals surface area (Å²) in [6.45, 7) is 11.2. The highest BCUT2D eigenvalue weighted by Crippen LogP contribution is 2.41. The van der Waals surface area contributed by atoms with Crippen LogP contribution in [-0.2, 0) is 5.41 Å². The van der Waals surface area contributed by atoms with Gasteiger partial charge in [0, 0.05) is 24.1 Å². The van der Waals surface area contributed by atoms with Crippen molar-refractivity contribution < 1.29 is 9.18 Å². The minimum Gasteiger partial charge on any atom is -0.379 e. The summed E-state index contributed by atoms with van der Waals surface area (Å²) in [6, 6.07) is 19.8. The Balaban J connectivity index is 1.37. The quantitative estimate of drug-likeness (QED) is 0.453. The average Bonchev–Trinajstić information content (AvgIpc) is 3.13. The second kappa shape index (κ2) is 9.01. The van der Waals surface area contributed by atoms with Gasteiger partial charge in [-0.1, -0.05) is 63.2 Å². The second-order valence-corrected chi connectivity index (χ2v) is 10.1. The number of fused-ring (bicyclic) bond motifs is 1. The smallest absolute Gasteiger partial charge is 0.251 e. The maximum atomic E-state index is 14.2. The summed E-state index contributed by atoms with van der Waals surface area (Å²) < 4.78 is 14.2. The van der Waals surface area contributed by atoms with Gasteiger partial charge in [-0.25, -0.2) is 4.39 Å². The summed E-state index contributed by atoms with van der Waals surface area (Å²) in [7, 11) is 0. The zero-order valence-electron chi connectivity index (χ0n) is 20.1. The van der Waals surface area contributed by atoms with E-state index in [-0.39, 0.29) is 29.1 Å². The summed E-state index contributed by atoms with van der Waals surface area (Å²) in [6.07, 6.45) is 0.759. The number of anilines is 1. The Morgan fingerprint density at radius 2 is 1.58 bits per heavy atom. The molecule has 1 aliphatic heterocycles. The zero-order valence-corrected chi connectivity index (χ0v) is 20.1. The van der Waals surface area contributed by atoms with Crippen LogP contribution >= 0.6 is 0 Å². The van der Waals surface area contributed by atoms with Crippen molar-refractivity contribution in [3.8, 4) is 11.1 Å². The number of rotatable bonds is 5. The van der Waals surface area contributed by atoms with E-state index in [9.17, 15) is 9.18 Å². The van der Waals surface area contributed by atoms with E-state index in [0.29, 0.717) is 17.8 Å². The minimum absolute atomic E-state index is 0.0839. The maximum absolute atomic E-state index is 14.2. The molecular formula is C29H33FN2O. The van der Waals surface area contributed by atoms with Crippen molar-refractivity contribution in [2.24, 2.45) is 0 Å². The third-order valence-corrected chi connectivity index (χ3v) is 6.73. The molecule has 2 N–H and O–H groups in total. The molecule has 0 radical (unpaired) electrons. The van der Waals surface area contributed by atoms with Crippen LogP contribution in [0.3, 0.4) is 0 Å². The Bertz CT molecular complexity index is 1140. The molecule has 33 heavy (non-hydrogen) atoms. The van der Waals surface area contributed by atoms with Crippen LogP contribution in [0.15, 0.2) is 60.7 Å². The van der Waals surface area contributed by atoms with Gasteiger partial charge in [-0.3, -0.25) is 4.79 Å². The van der Waals surface area contributed by atoms with E-state index in [0.717, 1.165) is 28.7 Å². The lowest BCUT2D eigenvalue weighted by Gasteiger charge is -2.19. The van der Waals surface area contributed by atoms with Gasteiger partial charge in [0.25, 0.3) is 5.91 Å². The van der Waals surface area contributed by atoms with Gasteiger partial charge in [-0.05, 0) is 71.7 Å². The molecular weight excluding hydrogens is 411 g/mol. The Morgan fingerprint density at radius 3 is 2.18 bits per heavy atom. The maximum Gasteiger partial charge on any atom is 0.251 e. The van der Waals surface area contributed by atoms with E-state index in [1.807, 2.05) is 37.3 Å². The normalized spacial score (nSPS) is 17.4. The van der Waals surface area contributed by atoms with E-state index in [1.165, 1.54) is 11.6 Å². The number of carbonyl (C=O) groups is 1. The van der Waals surface area contributed by atoms with E-state index in [2.05, 4.69) is 62.6 Å². The lowest BCUT2D eigenvalue weighted by atomic mass is 9.86. The van der Waals surface area contributed by atoms with E-state index in [1.54, 1.807) is 0 Å². The number of halogens is 1. The summed E-state index contributed by atoms with van der Waals surface area (Å²) in [5.41, 5.74) is 7.04. The minimum atomic E-state index is -0.206. The van der Waals surface area contributed by atoms with Gasteiger partial charge in [0.1, 0.15) is 5.82 Å². The van der Waals surface area contributed by atoms with Crippen molar-refractivity contribution in [1.29, 1.82) is 0 Å². The molecule has 0 fully saturated rings. The summed E-state index contributed by atoms with van der Waals surface area (Å²) in [4.78, 5) is 12.7. The number of hydrogen-bond acceptors (Lipinski definition) is 2. The van der Waals surface area contributed by atoms with Crippen molar-refractivity contribution in [3.05, 3.63) is 88.7 Å². The molecule has 1 heterocycles. The lowest BCUT2D eigenvalue weighted by Crippen LogP contribution is -2.27. The van der Waals surface area contributed by atoms with Crippen molar-refractivity contribution in [3.63, 3.8) is 0 Å². The molecule has 0 saturated heterocycles. The van der Waals surface area contributed by atoms with Crippen LogP contribution in [-0.4, -0.2) is 18.5 Å². The molecule has 1 aliphatic rings. The Hall–Kier alpha value is -3.14. The second-order valence-electron chi connectivity index (χ2n) is 10.1. The molecule has 0 aromatic heterocycles. The number of aryl methyl sites for hydroxylation is 1. The zero-order chi connectivity index (χ0) is 23.8. The predicted octanol–water partition coefficient (Wildman–Crippen LogP) is 6.82. The molecule has 0 bridgehead atoms. The third-order valence-electron chi connectivity index (χ3n) is 6.73. The van der Waals surface area contributed by atoms with Crippen LogP contribution in [0.1, 0.15) is 67.1 Å². The first kappa shape index (κ1) is 23.0. The molecule has 2 unspecified atom stereocenters. The topological polar surface area (TPSA) is 41.1 Å². The van der Waals surface area contributed by atoms with Gasteiger partial charge in [0.05, 0.1) is 5.69 Å². The van der Waals surface area contributed by atoms with Gasteiger partial charge >= 0.3 is 0 Å². The van der Waals surface area contributed by atoms with Crippen LogP contribution in [0.2, 0.25) is 0 Å². The first-order chi connectivity index (χ1) is 15.6. The molecule has 3 nitrogen and oxygen atoms in total. The predicted molar refractivity (Wildman–Crippen MR) is 134 cm³/mol. The number of amides is 1. The fourth-order valence-electron chi connectivity index (χ4n) is 4.71. The van der Waals surface area contributed by atoms with Crippen LogP contribution < -0.4 is 10.6 Å². The molecule has 0 aliphatic carbocycles. The van der Waals surface area contributed by atoms with E-state index in [4.69, 9.17) is 0 Å². The molecule has 3 aromatic rings. The number of nitrogens with one attached hydrogen (secondary N) is 2. The van der Waals surface area contributed by atoms with Crippen LogP contribution in [0.4, 0.5) is 10.1 Å². The highest BCUT2D eigenvalue weighted by atomic mass is 19.1. The standard InChI is InChI=1S/C29H33FN2O/c1-18-6-15-25(30)27-26(18)24(19(2)32-27)16-17-31-28(33)22-9-7-20(8-10-22)21-11-13-23(14-12-21)29(3,4)5/h6-15,19,24,32H,16-17H2,1-5H3,(H,31,33). The lowest BCUT2D eigenvalue weighted by molar-refractivity contribution is 0.0952. The van der Waals surface area contributed by atoms with E-state index < -0.39 is 0 Å². The molecule has 4 heteroatoms. The molecule has 4 rings (SSSR count). The van der Waals surface area contributed by atoms with Gasteiger partial charge < -0.3 is 10.6 Å². The Morgan fingerprint density at radius 1 is 0.970 bits per heavy atom. The van der Waals surface area contributed by atoms with E-state index >= 15 is 0 Å². The first-order valence-corrected chi connectivity index (χ1v) is 11.7. The number of hydrogen-bond donors (Lipinski definition) is 2. The molecule has 1 amide bonds. The molecule has 2 atom stereocenters. The first-order valence-electron chi connectivity index (χ1n) is 11.7. The molecule has 3 aromatic carbocycles. The highest BCUT2D eigenvalue weighted by molar-refractivity contribution is 5.94. The van der Waals surface area contributed by atoms with Crippen LogP contribution in [0, 0.1) is 12.7 Å². The fraction of sp³-hybridized carbons (Fsp3) is 0.345. The SMILES string of the molecule is Cc1ccc(F)c2c1C(CCNC(=O)c1ccc(-c3ccc(C(C)(C)C)cc3)cc1)C(C)N2. The summed E-state index contributed by atoms with van der Waals surface area (Å²) in [5.74, 6) is -0.115. The fourth-order valence-corrected chi connectivity index (χ4v) is 4.71. The summed E-state index contributed by atoms with van der Waals surface area (Å²) >= 11 is 0. The monoisotopic (exact) mass is 444 g/mol. The molecule has 172 valence electrons. The third kappa shape index (κ3) is 4.80. The van der Waals surface area contributed by atoms with Crippen molar-refractivity contribution in [2.45, 2.75) is 58.4 Å². The highest BCUT2D eigenvalue weighted by Gasteiger charge is 2.32. The van der Waals surface area contributed by atoms with Crippen LogP contribution in [0.25, 0.3) is 11.1 Å². The van der Waals surface area contributed by atoms with Gasteiger partial charge in [0.15, 0.2) is 0 Å². The molecule has 0 saturated carbocycles. The Kier molecular flexibility index (Phi) is 6.29. The summed E-state index contributed by atoms with van der Waals surface area (Å²) in [5, 5.41) is 6.31. The van der Waals surface area contributed by atoms with Gasteiger partial charge in [-0.2, -0.15) is 0 Å². The largest absolute Gasteiger partial charge is 0.379 e. The number of benzene rings is 3. The van der Waals surface area contributed by atoms with Crippen molar-refractivity contribution >= 4 is 11.6 Å². The number of carbonyl (C=O) groups excluding carboxylic acids is 1.